The van der Waals surface area contributed by atoms with Gasteiger partial charge in [0.15, 0.2) is 11.5 Å². The highest BCUT2D eigenvalue weighted by Gasteiger charge is 2.29. The summed E-state index contributed by atoms with van der Waals surface area (Å²) < 4.78 is 27.8. The summed E-state index contributed by atoms with van der Waals surface area (Å²) in [6.45, 7) is 2.05. The van der Waals surface area contributed by atoms with Crippen LogP contribution < -0.4 is 14.2 Å². The monoisotopic (exact) mass is 358 g/mol. The maximum absolute atomic E-state index is 11.9. The molecule has 2 aliphatic rings. The molecular formula is C14H15BrO6. The first-order valence-electron chi connectivity index (χ1n) is 6.65. The van der Waals surface area contributed by atoms with Gasteiger partial charge in [-0.1, -0.05) is 0 Å². The summed E-state index contributed by atoms with van der Waals surface area (Å²) in [4.78, 5) is 11.9. The molecule has 7 heteroatoms. The van der Waals surface area contributed by atoms with Crippen molar-refractivity contribution in [2.75, 3.05) is 33.5 Å². The van der Waals surface area contributed by atoms with Crippen molar-refractivity contribution in [2.24, 2.45) is 0 Å². The summed E-state index contributed by atoms with van der Waals surface area (Å²) in [6.07, 6.45) is 0.730. The minimum Gasteiger partial charge on any atom is -0.486 e. The van der Waals surface area contributed by atoms with E-state index in [1.165, 1.54) is 7.11 Å². The van der Waals surface area contributed by atoms with Gasteiger partial charge in [0.25, 0.3) is 0 Å². The summed E-state index contributed by atoms with van der Waals surface area (Å²) in [5, 5.41) is 0. The Morgan fingerprint density at radius 1 is 1.33 bits per heavy atom. The van der Waals surface area contributed by atoms with E-state index < -0.39 is 5.97 Å². The smallest absolute Gasteiger partial charge is 0.339 e. The molecular weight excluding hydrogens is 344 g/mol. The Morgan fingerprint density at radius 2 is 2.14 bits per heavy atom. The van der Waals surface area contributed by atoms with Gasteiger partial charge in [-0.25, -0.2) is 4.79 Å². The molecule has 2 heterocycles. The SMILES string of the molecule is COC(=O)c1cc2c(c(O[C@H]3CCOC3)c1Br)OCCO2. The van der Waals surface area contributed by atoms with Crippen molar-refractivity contribution in [2.45, 2.75) is 12.5 Å². The fourth-order valence-corrected chi connectivity index (χ4v) is 2.82. The highest BCUT2D eigenvalue weighted by molar-refractivity contribution is 9.10. The first-order valence-corrected chi connectivity index (χ1v) is 7.45. The molecule has 1 saturated heterocycles. The van der Waals surface area contributed by atoms with E-state index in [1.54, 1.807) is 6.07 Å². The van der Waals surface area contributed by atoms with Gasteiger partial charge in [-0.05, 0) is 22.0 Å². The van der Waals surface area contributed by atoms with Crippen molar-refractivity contribution in [1.29, 1.82) is 0 Å². The summed E-state index contributed by atoms with van der Waals surface area (Å²) in [5.41, 5.74) is 0.343. The number of halogens is 1. The summed E-state index contributed by atoms with van der Waals surface area (Å²) in [7, 11) is 1.33. The van der Waals surface area contributed by atoms with Crippen molar-refractivity contribution < 1.29 is 28.5 Å². The molecule has 0 amide bonds. The molecule has 6 nitrogen and oxygen atoms in total. The van der Waals surface area contributed by atoms with Crippen LogP contribution in [0.2, 0.25) is 0 Å². The Labute approximate surface area is 130 Å². The standard InChI is InChI=1S/C14H15BrO6/c1-17-14(16)9-6-10-12(20-5-4-19-10)13(11(9)15)21-8-2-3-18-7-8/h6,8H,2-5,7H2,1H3/t8-/m0/s1. The van der Waals surface area contributed by atoms with Gasteiger partial charge in [0.2, 0.25) is 5.75 Å². The third-order valence-electron chi connectivity index (χ3n) is 3.31. The number of rotatable bonds is 3. The van der Waals surface area contributed by atoms with Gasteiger partial charge in [0.1, 0.15) is 19.3 Å². The number of fused-ring (bicyclic) bond motifs is 1. The van der Waals surface area contributed by atoms with Crippen molar-refractivity contribution in [3.63, 3.8) is 0 Å². The zero-order valence-electron chi connectivity index (χ0n) is 11.5. The topological polar surface area (TPSA) is 63.2 Å². The van der Waals surface area contributed by atoms with Crippen molar-refractivity contribution in [3.8, 4) is 17.2 Å². The molecule has 2 aliphatic heterocycles. The van der Waals surface area contributed by atoms with E-state index in [9.17, 15) is 4.79 Å². The van der Waals surface area contributed by atoms with Gasteiger partial charge in [-0.15, -0.1) is 0 Å². The van der Waals surface area contributed by atoms with E-state index >= 15 is 0 Å². The Kier molecular flexibility index (Phi) is 4.21. The molecule has 0 aromatic heterocycles. The molecule has 3 rings (SSSR count). The third-order valence-corrected chi connectivity index (χ3v) is 4.09. The molecule has 1 aromatic rings. The lowest BCUT2D eigenvalue weighted by molar-refractivity contribution is 0.0596. The minimum absolute atomic E-state index is 0.0659. The normalized spacial score (nSPS) is 20.2. The first kappa shape index (κ1) is 14.5. The predicted molar refractivity (Wildman–Crippen MR) is 76.3 cm³/mol. The van der Waals surface area contributed by atoms with Gasteiger partial charge in [0.05, 0.1) is 30.4 Å². The first-order chi connectivity index (χ1) is 10.2. The van der Waals surface area contributed by atoms with Crippen LogP contribution in [0.3, 0.4) is 0 Å². The van der Waals surface area contributed by atoms with Crippen LogP contribution in [0, 0.1) is 0 Å². The zero-order chi connectivity index (χ0) is 14.8. The molecule has 0 bridgehead atoms. The average Bonchev–Trinajstić information content (AvgIpc) is 3.02. The fraction of sp³-hybridized carbons (Fsp3) is 0.500. The summed E-state index contributed by atoms with van der Waals surface area (Å²) in [5.74, 6) is 0.987. The summed E-state index contributed by atoms with van der Waals surface area (Å²) >= 11 is 3.41. The molecule has 0 N–H and O–H groups in total. The van der Waals surface area contributed by atoms with E-state index in [0.717, 1.165) is 6.42 Å². The third kappa shape index (κ3) is 2.80. The highest BCUT2D eigenvalue weighted by Crippen LogP contribution is 2.47. The molecule has 0 unspecified atom stereocenters. The Balaban J connectivity index is 2.03. The molecule has 0 aliphatic carbocycles. The van der Waals surface area contributed by atoms with Crippen LogP contribution in [0.25, 0.3) is 0 Å². The zero-order valence-corrected chi connectivity index (χ0v) is 13.1. The molecule has 1 aromatic carbocycles. The number of methoxy groups -OCH3 is 1. The molecule has 1 atom stereocenters. The molecule has 0 spiro atoms. The number of carbonyl (C=O) groups excluding carboxylic acids is 1. The van der Waals surface area contributed by atoms with E-state index in [2.05, 4.69) is 15.9 Å². The van der Waals surface area contributed by atoms with Crippen molar-refractivity contribution >= 4 is 21.9 Å². The lowest BCUT2D eigenvalue weighted by atomic mass is 10.1. The number of carbonyl (C=O) groups is 1. The van der Waals surface area contributed by atoms with E-state index in [1.807, 2.05) is 0 Å². The number of hydrogen-bond acceptors (Lipinski definition) is 6. The number of hydrogen-bond donors (Lipinski definition) is 0. The molecule has 1 fully saturated rings. The van der Waals surface area contributed by atoms with Crippen molar-refractivity contribution in [1.82, 2.24) is 0 Å². The molecule has 0 radical (unpaired) electrons. The van der Waals surface area contributed by atoms with Crippen LogP contribution in [0.5, 0.6) is 17.2 Å². The number of ether oxygens (including phenoxy) is 5. The largest absolute Gasteiger partial charge is 0.486 e. The molecule has 0 saturated carbocycles. The second-order valence-corrected chi connectivity index (χ2v) is 5.48. The fourth-order valence-electron chi connectivity index (χ4n) is 2.27. The second kappa shape index (κ2) is 6.11. The Hall–Kier alpha value is -1.47. The van der Waals surface area contributed by atoms with E-state index in [0.29, 0.717) is 53.7 Å². The highest BCUT2D eigenvalue weighted by atomic mass is 79.9. The van der Waals surface area contributed by atoms with Gasteiger partial charge in [0, 0.05) is 6.42 Å². The second-order valence-electron chi connectivity index (χ2n) is 4.69. The van der Waals surface area contributed by atoms with Crippen LogP contribution in [0.1, 0.15) is 16.8 Å². The lowest BCUT2D eigenvalue weighted by Gasteiger charge is -2.24. The average molecular weight is 359 g/mol. The Morgan fingerprint density at radius 3 is 2.86 bits per heavy atom. The summed E-state index contributed by atoms with van der Waals surface area (Å²) in [6, 6.07) is 1.60. The van der Waals surface area contributed by atoms with Crippen LogP contribution >= 0.6 is 15.9 Å². The van der Waals surface area contributed by atoms with Crippen LogP contribution in [0.15, 0.2) is 10.5 Å². The number of benzene rings is 1. The Bertz CT molecular complexity index is 553. The van der Waals surface area contributed by atoms with Gasteiger partial charge < -0.3 is 23.7 Å². The predicted octanol–water partition coefficient (Wildman–Crippen LogP) is 2.17. The lowest BCUT2D eigenvalue weighted by Crippen LogP contribution is -2.21. The molecule has 114 valence electrons. The number of esters is 1. The van der Waals surface area contributed by atoms with Gasteiger partial charge in [-0.3, -0.25) is 0 Å². The maximum Gasteiger partial charge on any atom is 0.339 e. The van der Waals surface area contributed by atoms with Gasteiger partial charge in [-0.2, -0.15) is 0 Å². The van der Waals surface area contributed by atoms with E-state index in [4.69, 9.17) is 23.7 Å². The quantitative estimate of drug-likeness (QED) is 0.771. The van der Waals surface area contributed by atoms with Crippen LogP contribution in [0.4, 0.5) is 0 Å². The molecule has 21 heavy (non-hydrogen) atoms. The van der Waals surface area contributed by atoms with Crippen molar-refractivity contribution in [3.05, 3.63) is 16.1 Å². The van der Waals surface area contributed by atoms with Crippen LogP contribution in [-0.4, -0.2) is 45.6 Å². The van der Waals surface area contributed by atoms with Gasteiger partial charge >= 0.3 is 5.97 Å². The van der Waals surface area contributed by atoms with Crippen LogP contribution in [-0.2, 0) is 9.47 Å². The maximum atomic E-state index is 11.9. The minimum atomic E-state index is -0.466. The van der Waals surface area contributed by atoms with E-state index in [-0.39, 0.29) is 6.10 Å².